The molecule has 0 saturated heterocycles. The molecule has 0 atom stereocenters. The highest BCUT2D eigenvalue weighted by Crippen LogP contribution is 2.25. The second kappa shape index (κ2) is 5.77. The number of aromatic nitrogens is 2. The lowest BCUT2D eigenvalue weighted by atomic mass is 10.3. The zero-order chi connectivity index (χ0) is 13.0. The summed E-state index contributed by atoms with van der Waals surface area (Å²) in [5, 5.41) is 2.95. The number of rotatable bonds is 4. The first-order chi connectivity index (χ1) is 8.69. The van der Waals surface area contributed by atoms with E-state index in [0.717, 1.165) is 0 Å². The van der Waals surface area contributed by atoms with Crippen LogP contribution in [-0.4, -0.2) is 16.5 Å². The van der Waals surface area contributed by atoms with Gasteiger partial charge in [-0.1, -0.05) is 15.9 Å². The molecule has 0 amide bonds. The van der Waals surface area contributed by atoms with Crippen molar-refractivity contribution in [1.29, 1.82) is 0 Å². The number of anilines is 1. The second-order valence-corrected chi connectivity index (χ2v) is 4.34. The number of benzene rings is 1. The summed E-state index contributed by atoms with van der Waals surface area (Å²) in [7, 11) is 0. The predicted molar refractivity (Wildman–Crippen MR) is 70.4 cm³/mol. The van der Waals surface area contributed by atoms with Gasteiger partial charge in [-0.05, 0) is 25.1 Å². The fourth-order valence-corrected chi connectivity index (χ4v) is 1.65. The van der Waals surface area contributed by atoms with E-state index in [1.54, 1.807) is 18.3 Å². The molecule has 1 N–H and O–H groups in total. The van der Waals surface area contributed by atoms with Gasteiger partial charge in [-0.25, -0.2) is 9.37 Å². The predicted octanol–water partition coefficient (Wildman–Crippen LogP) is 3.60. The Kier molecular flexibility index (Phi) is 4.09. The van der Waals surface area contributed by atoms with E-state index >= 15 is 0 Å². The molecule has 2 rings (SSSR count). The molecule has 1 heterocycles. The van der Waals surface area contributed by atoms with Crippen molar-refractivity contribution in [1.82, 2.24) is 9.97 Å². The smallest absolute Gasteiger partial charge is 0.225 e. The van der Waals surface area contributed by atoms with Crippen LogP contribution in [0.15, 0.2) is 34.9 Å². The molecule has 2 aromatic rings. The Hall–Kier alpha value is -1.69. The Morgan fingerprint density at radius 3 is 2.94 bits per heavy atom. The third kappa shape index (κ3) is 3.16. The Bertz CT molecular complexity index is 551. The molecule has 1 aromatic carbocycles. The van der Waals surface area contributed by atoms with Gasteiger partial charge in [-0.3, -0.25) is 0 Å². The first kappa shape index (κ1) is 12.8. The summed E-state index contributed by atoms with van der Waals surface area (Å²) in [6, 6.07) is 6.14. The van der Waals surface area contributed by atoms with Gasteiger partial charge in [0.05, 0.1) is 0 Å². The molecule has 0 aliphatic heterocycles. The number of halogens is 2. The summed E-state index contributed by atoms with van der Waals surface area (Å²) in [5.74, 6) is 0.419. The Morgan fingerprint density at radius 1 is 1.39 bits per heavy atom. The molecular weight excluding hydrogens is 301 g/mol. The molecule has 0 saturated carbocycles. The van der Waals surface area contributed by atoms with Crippen LogP contribution < -0.4 is 10.1 Å². The highest BCUT2D eigenvalue weighted by molar-refractivity contribution is 9.10. The average Bonchev–Trinajstić information content (AvgIpc) is 2.34. The van der Waals surface area contributed by atoms with Gasteiger partial charge in [-0.2, -0.15) is 4.98 Å². The highest BCUT2D eigenvalue weighted by Gasteiger charge is 2.07. The van der Waals surface area contributed by atoms with Gasteiger partial charge in [0.25, 0.3) is 0 Å². The van der Waals surface area contributed by atoms with E-state index in [2.05, 4.69) is 31.2 Å². The summed E-state index contributed by atoms with van der Waals surface area (Å²) in [5.41, 5.74) is 0. The van der Waals surface area contributed by atoms with E-state index in [4.69, 9.17) is 4.74 Å². The minimum Gasteiger partial charge on any atom is -0.436 e. The molecule has 18 heavy (non-hydrogen) atoms. The SMILES string of the molecule is CCNc1nccc(Oc2ccc(Br)cc2F)n1. The molecular formula is C12H11BrFN3O. The Labute approximate surface area is 112 Å². The summed E-state index contributed by atoms with van der Waals surface area (Å²) < 4.78 is 19.6. The minimum atomic E-state index is -0.451. The number of hydrogen-bond acceptors (Lipinski definition) is 4. The van der Waals surface area contributed by atoms with Gasteiger partial charge < -0.3 is 10.1 Å². The van der Waals surface area contributed by atoms with Crippen molar-refractivity contribution in [3.05, 3.63) is 40.8 Å². The average molecular weight is 312 g/mol. The lowest BCUT2D eigenvalue weighted by molar-refractivity contribution is 0.427. The number of hydrogen-bond donors (Lipinski definition) is 1. The molecule has 0 bridgehead atoms. The maximum atomic E-state index is 13.6. The molecule has 94 valence electrons. The van der Waals surface area contributed by atoms with Crippen LogP contribution in [0.3, 0.4) is 0 Å². The van der Waals surface area contributed by atoms with Crippen LogP contribution in [0.2, 0.25) is 0 Å². The van der Waals surface area contributed by atoms with Crippen molar-refractivity contribution in [3.63, 3.8) is 0 Å². The molecule has 0 unspecified atom stereocenters. The summed E-state index contributed by atoms with van der Waals surface area (Å²) in [6.45, 7) is 2.64. The van der Waals surface area contributed by atoms with Gasteiger partial charge in [0.1, 0.15) is 0 Å². The first-order valence-electron chi connectivity index (χ1n) is 5.39. The van der Waals surface area contributed by atoms with Gasteiger partial charge in [0.2, 0.25) is 11.8 Å². The van der Waals surface area contributed by atoms with E-state index in [9.17, 15) is 4.39 Å². The van der Waals surface area contributed by atoms with Crippen LogP contribution in [-0.2, 0) is 0 Å². The molecule has 6 heteroatoms. The van der Waals surface area contributed by atoms with Crippen molar-refractivity contribution in [2.24, 2.45) is 0 Å². The van der Waals surface area contributed by atoms with Gasteiger partial charge in [0, 0.05) is 23.3 Å². The molecule has 0 fully saturated rings. The van der Waals surface area contributed by atoms with Crippen molar-refractivity contribution in [2.75, 3.05) is 11.9 Å². The quantitative estimate of drug-likeness (QED) is 0.937. The van der Waals surface area contributed by atoms with Gasteiger partial charge in [0.15, 0.2) is 11.6 Å². The monoisotopic (exact) mass is 311 g/mol. The number of nitrogens with one attached hydrogen (secondary N) is 1. The van der Waals surface area contributed by atoms with Crippen LogP contribution in [0.5, 0.6) is 11.6 Å². The standard InChI is InChI=1S/C12H11BrFN3O/c1-2-15-12-16-6-5-11(17-12)18-10-4-3-8(13)7-9(10)14/h3-7H,2H2,1H3,(H,15,16,17). The summed E-state index contributed by atoms with van der Waals surface area (Å²) in [6.07, 6.45) is 1.55. The van der Waals surface area contributed by atoms with E-state index < -0.39 is 5.82 Å². The van der Waals surface area contributed by atoms with E-state index in [1.807, 2.05) is 6.92 Å². The Balaban J connectivity index is 2.20. The van der Waals surface area contributed by atoms with E-state index in [0.29, 0.717) is 22.8 Å². The van der Waals surface area contributed by atoms with Crippen molar-refractivity contribution in [3.8, 4) is 11.6 Å². The van der Waals surface area contributed by atoms with Crippen LogP contribution in [0.1, 0.15) is 6.92 Å². The molecule has 1 aromatic heterocycles. The topological polar surface area (TPSA) is 47.0 Å². The van der Waals surface area contributed by atoms with Crippen molar-refractivity contribution in [2.45, 2.75) is 6.92 Å². The molecule has 0 radical (unpaired) electrons. The highest BCUT2D eigenvalue weighted by atomic mass is 79.9. The maximum absolute atomic E-state index is 13.6. The fraction of sp³-hybridized carbons (Fsp3) is 0.167. The molecule has 0 aliphatic rings. The lowest BCUT2D eigenvalue weighted by Gasteiger charge is -2.07. The molecule has 0 spiro atoms. The zero-order valence-electron chi connectivity index (χ0n) is 9.65. The van der Waals surface area contributed by atoms with Gasteiger partial charge >= 0.3 is 0 Å². The van der Waals surface area contributed by atoms with Crippen molar-refractivity contribution < 1.29 is 9.13 Å². The van der Waals surface area contributed by atoms with E-state index in [-0.39, 0.29) is 5.75 Å². The zero-order valence-corrected chi connectivity index (χ0v) is 11.2. The van der Waals surface area contributed by atoms with Crippen LogP contribution in [0.25, 0.3) is 0 Å². The number of nitrogens with zero attached hydrogens (tertiary/aromatic N) is 2. The molecule has 4 nitrogen and oxygen atoms in total. The Morgan fingerprint density at radius 2 is 2.22 bits per heavy atom. The third-order valence-corrected chi connectivity index (χ3v) is 2.57. The fourth-order valence-electron chi connectivity index (χ4n) is 1.31. The normalized spacial score (nSPS) is 10.2. The third-order valence-electron chi connectivity index (χ3n) is 2.07. The summed E-state index contributed by atoms with van der Waals surface area (Å²) in [4.78, 5) is 8.10. The largest absolute Gasteiger partial charge is 0.436 e. The molecule has 0 aliphatic carbocycles. The number of ether oxygens (including phenoxy) is 1. The minimum absolute atomic E-state index is 0.124. The lowest BCUT2D eigenvalue weighted by Crippen LogP contribution is -2.02. The van der Waals surface area contributed by atoms with Crippen LogP contribution in [0.4, 0.5) is 10.3 Å². The first-order valence-corrected chi connectivity index (χ1v) is 6.18. The van der Waals surface area contributed by atoms with Crippen molar-refractivity contribution >= 4 is 21.9 Å². The van der Waals surface area contributed by atoms with Crippen LogP contribution in [0, 0.1) is 5.82 Å². The van der Waals surface area contributed by atoms with Gasteiger partial charge in [-0.15, -0.1) is 0 Å². The maximum Gasteiger partial charge on any atom is 0.225 e. The van der Waals surface area contributed by atoms with Crippen LogP contribution >= 0.6 is 15.9 Å². The summed E-state index contributed by atoms with van der Waals surface area (Å²) >= 11 is 3.18. The van der Waals surface area contributed by atoms with E-state index in [1.165, 1.54) is 12.1 Å². The second-order valence-electron chi connectivity index (χ2n) is 3.43.